The maximum absolute atomic E-state index is 5.75. The summed E-state index contributed by atoms with van der Waals surface area (Å²) in [4.78, 5) is 7.42. The van der Waals surface area contributed by atoms with Gasteiger partial charge >= 0.3 is 0 Å². The molecule has 19 heavy (non-hydrogen) atoms. The van der Waals surface area contributed by atoms with E-state index in [1.165, 1.54) is 22.6 Å². The minimum Gasteiger partial charge on any atom is -0.271 e. The van der Waals surface area contributed by atoms with Gasteiger partial charge in [-0.25, -0.2) is 4.98 Å². The van der Waals surface area contributed by atoms with Crippen molar-refractivity contribution in [1.29, 1.82) is 0 Å². The van der Waals surface area contributed by atoms with Crippen molar-refractivity contribution in [2.45, 2.75) is 31.6 Å². The lowest BCUT2D eigenvalue weighted by atomic mass is 10.1. The van der Waals surface area contributed by atoms with E-state index in [0.717, 1.165) is 22.9 Å². The van der Waals surface area contributed by atoms with Gasteiger partial charge in [0.2, 0.25) is 0 Å². The predicted octanol–water partition coefficient (Wildman–Crippen LogP) is 3.05. The van der Waals surface area contributed by atoms with Gasteiger partial charge in [-0.05, 0) is 30.7 Å². The molecule has 102 valence electrons. The third kappa shape index (κ3) is 3.03. The van der Waals surface area contributed by atoms with Gasteiger partial charge in [-0.2, -0.15) is 11.8 Å². The Morgan fingerprint density at radius 3 is 3.11 bits per heavy atom. The van der Waals surface area contributed by atoms with Crippen LogP contribution in [0.4, 0.5) is 0 Å². The number of hydrogen-bond acceptors (Lipinski definition) is 6. The number of thiazole rings is 1. The molecule has 0 spiro atoms. The van der Waals surface area contributed by atoms with Crippen LogP contribution in [0.3, 0.4) is 0 Å². The van der Waals surface area contributed by atoms with Gasteiger partial charge in [-0.1, -0.05) is 0 Å². The third-order valence-electron chi connectivity index (χ3n) is 3.24. The summed E-state index contributed by atoms with van der Waals surface area (Å²) >= 11 is 5.65. The number of hydrogen-bond donors (Lipinski definition) is 2. The monoisotopic (exact) mass is 311 g/mol. The summed E-state index contributed by atoms with van der Waals surface area (Å²) < 4.78 is 0. The number of fused-ring (bicyclic) bond motifs is 1. The highest BCUT2D eigenvalue weighted by Crippen LogP contribution is 2.35. The summed E-state index contributed by atoms with van der Waals surface area (Å²) in [6.07, 6.45) is 2.08. The standard InChI is InChI=1S/C13H17N3S3/c1-8-6-18-13(15-8)5-10(16-14)12-4-9-7-17-3-2-11(9)19-12/h4,6,10,16H,2-3,5,7,14H2,1H3. The Morgan fingerprint density at radius 1 is 1.53 bits per heavy atom. The second-order valence-corrected chi connectivity index (χ2v) is 7.92. The molecule has 0 aliphatic carbocycles. The van der Waals surface area contributed by atoms with Crippen LogP contribution < -0.4 is 11.3 Å². The van der Waals surface area contributed by atoms with Crippen LogP contribution in [0, 0.1) is 6.92 Å². The van der Waals surface area contributed by atoms with Gasteiger partial charge in [0.05, 0.1) is 11.0 Å². The van der Waals surface area contributed by atoms with E-state index in [2.05, 4.69) is 21.9 Å². The van der Waals surface area contributed by atoms with Gasteiger partial charge in [-0.3, -0.25) is 11.3 Å². The molecule has 3 heterocycles. The van der Waals surface area contributed by atoms with Crippen LogP contribution in [0.25, 0.3) is 0 Å². The van der Waals surface area contributed by atoms with E-state index >= 15 is 0 Å². The Balaban J connectivity index is 1.79. The smallest absolute Gasteiger partial charge is 0.0947 e. The second kappa shape index (κ2) is 5.93. The van der Waals surface area contributed by atoms with Crippen molar-refractivity contribution in [3.63, 3.8) is 0 Å². The highest BCUT2D eigenvalue weighted by atomic mass is 32.2. The van der Waals surface area contributed by atoms with Crippen LogP contribution in [0.1, 0.15) is 32.1 Å². The lowest BCUT2D eigenvalue weighted by Gasteiger charge is -2.12. The minimum atomic E-state index is 0.186. The molecule has 2 aromatic heterocycles. The first-order chi connectivity index (χ1) is 9.26. The number of rotatable bonds is 4. The summed E-state index contributed by atoms with van der Waals surface area (Å²) in [5, 5.41) is 3.25. The minimum absolute atomic E-state index is 0.186. The van der Waals surface area contributed by atoms with Crippen LogP contribution in [-0.2, 0) is 18.6 Å². The first kappa shape index (κ1) is 13.6. The molecule has 1 aliphatic heterocycles. The Morgan fingerprint density at radius 2 is 2.42 bits per heavy atom. The molecule has 3 N–H and O–H groups in total. The Bertz CT molecular complexity index is 538. The van der Waals surface area contributed by atoms with Crippen molar-refractivity contribution >= 4 is 34.4 Å². The number of aryl methyl sites for hydroxylation is 2. The zero-order chi connectivity index (χ0) is 13.2. The first-order valence-electron chi connectivity index (χ1n) is 6.32. The highest BCUT2D eigenvalue weighted by molar-refractivity contribution is 7.98. The molecule has 0 fully saturated rings. The summed E-state index contributed by atoms with van der Waals surface area (Å²) in [7, 11) is 0. The highest BCUT2D eigenvalue weighted by Gasteiger charge is 2.19. The van der Waals surface area contributed by atoms with Crippen molar-refractivity contribution in [1.82, 2.24) is 10.4 Å². The maximum Gasteiger partial charge on any atom is 0.0947 e. The molecule has 0 radical (unpaired) electrons. The average molecular weight is 312 g/mol. The van der Waals surface area contributed by atoms with Gasteiger partial charge in [0, 0.05) is 33.0 Å². The molecule has 1 unspecified atom stereocenters. The van der Waals surface area contributed by atoms with Crippen molar-refractivity contribution in [2.24, 2.45) is 5.84 Å². The number of thioether (sulfide) groups is 1. The molecule has 0 bridgehead atoms. The molecule has 3 nitrogen and oxygen atoms in total. The van der Waals surface area contributed by atoms with Gasteiger partial charge in [0.15, 0.2) is 0 Å². The molecule has 3 rings (SSSR count). The van der Waals surface area contributed by atoms with Gasteiger partial charge in [0.25, 0.3) is 0 Å². The van der Waals surface area contributed by atoms with E-state index in [4.69, 9.17) is 5.84 Å². The topological polar surface area (TPSA) is 50.9 Å². The normalized spacial score (nSPS) is 16.3. The van der Waals surface area contributed by atoms with E-state index in [-0.39, 0.29) is 6.04 Å². The number of aromatic nitrogens is 1. The fourth-order valence-corrected chi connectivity index (χ4v) is 5.51. The zero-order valence-corrected chi connectivity index (χ0v) is 13.3. The number of nitrogens with two attached hydrogens (primary N) is 1. The van der Waals surface area contributed by atoms with Crippen LogP contribution in [-0.4, -0.2) is 10.7 Å². The molecule has 0 aromatic carbocycles. The Kier molecular flexibility index (Phi) is 4.24. The predicted molar refractivity (Wildman–Crippen MR) is 84.8 cm³/mol. The molecular formula is C13H17N3S3. The third-order valence-corrected chi connectivity index (χ3v) is 6.58. The molecule has 0 amide bonds. The van der Waals surface area contributed by atoms with E-state index < -0.39 is 0 Å². The first-order valence-corrected chi connectivity index (χ1v) is 9.17. The molecule has 6 heteroatoms. The summed E-state index contributed by atoms with van der Waals surface area (Å²) in [5.74, 6) is 8.15. The van der Waals surface area contributed by atoms with E-state index in [9.17, 15) is 0 Å². The largest absolute Gasteiger partial charge is 0.271 e. The van der Waals surface area contributed by atoms with E-state index in [1.54, 1.807) is 16.2 Å². The molecule has 1 atom stereocenters. The zero-order valence-electron chi connectivity index (χ0n) is 10.8. The van der Waals surface area contributed by atoms with Crippen molar-refractivity contribution in [3.05, 3.63) is 37.5 Å². The fourth-order valence-electron chi connectivity index (χ4n) is 2.25. The second-order valence-electron chi connectivity index (χ2n) is 4.71. The molecular weight excluding hydrogens is 294 g/mol. The van der Waals surface area contributed by atoms with E-state index in [1.807, 2.05) is 30.0 Å². The Labute approximate surface area is 125 Å². The lowest BCUT2D eigenvalue weighted by molar-refractivity contribution is 0.559. The van der Waals surface area contributed by atoms with E-state index in [0.29, 0.717) is 0 Å². The average Bonchev–Trinajstić information content (AvgIpc) is 3.01. The molecule has 1 aliphatic rings. The van der Waals surface area contributed by atoms with Crippen molar-refractivity contribution in [2.75, 3.05) is 5.75 Å². The van der Waals surface area contributed by atoms with Gasteiger partial charge in [-0.15, -0.1) is 22.7 Å². The summed E-state index contributed by atoms with van der Waals surface area (Å²) in [6.45, 7) is 2.03. The lowest BCUT2D eigenvalue weighted by Crippen LogP contribution is -2.28. The number of hydrazine groups is 1. The van der Waals surface area contributed by atoms with Crippen molar-refractivity contribution < 1.29 is 0 Å². The van der Waals surface area contributed by atoms with Crippen LogP contribution in [0.15, 0.2) is 11.4 Å². The number of nitrogens with zero attached hydrogens (tertiary/aromatic N) is 1. The van der Waals surface area contributed by atoms with Crippen molar-refractivity contribution in [3.8, 4) is 0 Å². The SMILES string of the molecule is Cc1csc(CC(NN)c2cc3c(s2)CCSC3)n1. The fraction of sp³-hybridized carbons (Fsp3) is 0.462. The van der Waals surface area contributed by atoms with Crippen LogP contribution in [0.2, 0.25) is 0 Å². The summed E-state index contributed by atoms with van der Waals surface area (Å²) in [6, 6.07) is 2.52. The molecule has 2 aromatic rings. The quantitative estimate of drug-likeness (QED) is 0.673. The van der Waals surface area contributed by atoms with Gasteiger partial charge in [0.1, 0.15) is 0 Å². The molecule has 0 saturated carbocycles. The van der Waals surface area contributed by atoms with Crippen LogP contribution in [0.5, 0.6) is 0 Å². The number of nitrogens with one attached hydrogen (secondary N) is 1. The summed E-state index contributed by atoms with van der Waals surface area (Å²) in [5.41, 5.74) is 5.56. The van der Waals surface area contributed by atoms with Gasteiger partial charge < -0.3 is 0 Å². The maximum atomic E-state index is 5.75. The number of thiophene rings is 1. The molecule has 0 saturated heterocycles. The van der Waals surface area contributed by atoms with Crippen LogP contribution >= 0.6 is 34.4 Å². The Hall–Kier alpha value is -0.400.